The van der Waals surface area contributed by atoms with Crippen molar-refractivity contribution in [1.82, 2.24) is 0 Å². The van der Waals surface area contributed by atoms with Gasteiger partial charge >= 0.3 is 0 Å². The fourth-order valence-corrected chi connectivity index (χ4v) is 1.28. The van der Waals surface area contributed by atoms with E-state index in [0.29, 0.717) is 0 Å². The van der Waals surface area contributed by atoms with Crippen LogP contribution in [0.5, 0.6) is 0 Å². The van der Waals surface area contributed by atoms with Crippen molar-refractivity contribution in [2.75, 3.05) is 0 Å². The lowest BCUT2D eigenvalue weighted by Gasteiger charge is -1.84. The lowest BCUT2D eigenvalue weighted by Crippen LogP contribution is -1.70. The van der Waals surface area contributed by atoms with Crippen LogP contribution in [0.4, 0.5) is 0 Å². The molecule has 2 heteroatoms. The van der Waals surface area contributed by atoms with Crippen LogP contribution in [0.15, 0.2) is 47.4 Å². The van der Waals surface area contributed by atoms with E-state index in [1.165, 1.54) is 0 Å². The first-order chi connectivity index (χ1) is 5.90. The Labute approximate surface area is 82.1 Å². The molecule has 0 aliphatic rings. The SMILES string of the molecule is C=CCc1cc2ccccc2o1.[SiH4]. The molecule has 2 aromatic rings. The summed E-state index contributed by atoms with van der Waals surface area (Å²) in [6, 6.07) is 10.1. The van der Waals surface area contributed by atoms with Gasteiger partial charge in [0.15, 0.2) is 0 Å². The van der Waals surface area contributed by atoms with Gasteiger partial charge in [-0.15, -0.1) is 6.58 Å². The third-order valence-electron chi connectivity index (χ3n) is 1.82. The quantitative estimate of drug-likeness (QED) is 0.519. The van der Waals surface area contributed by atoms with E-state index in [2.05, 4.69) is 12.6 Å². The summed E-state index contributed by atoms with van der Waals surface area (Å²) in [4.78, 5) is 0. The van der Waals surface area contributed by atoms with Crippen molar-refractivity contribution < 1.29 is 4.42 Å². The number of hydrogen-bond donors (Lipinski definition) is 0. The average molecular weight is 190 g/mol. The van der Waals surface area contributed by atoms with E-state index in [-0.39, 0.29) is 11.0 Å². The molecule has 0 spiro atoms. The monoisotopic (exact) mass is 190 g/mol. The maximum atomic E-state index is 5.54. The summed E-state index contributed by atoms with van der Waals surface area (Å²) in [7, 11) is 0. The minimum absolute atomic E-state index is 0. The zero-order valence-electron chi connectivity index (χ0n) is 6.79. The summed E-state index contributed by atoms with van der Waals surface area (Å²) < 4.78 is 5.54. The highest BCUT2D eigenvalue weighted by Gasteiger charge is 1.99. The maximum absolute atomic E-state index is 5.54. The predicted octanol–water partition coefficient (Wildman–Crippen LogP) is 1.71. The molecule has 0 aliphatic heterocycles. The molecule has 13 heavy (non-hydrogen) atoms. The molecule has 0 saturated carbocycles. The van der Waals surface area contributed by atoms with Crippen LogP contribution in [-0.4, -0.2) is 11.0 Å². The van der Waals surface area contributed by atoms with Gasteiger partial charge in [0.25, 0.3) is 0 Å². The van der Waals surface area contributed by atoms with Gasteiger partial charge in [0.05, 0.1) is 0 Å². The van der Waals surface area contributed by atoms with Gasteiger partial charge in [0.1, 0.15) is 11.3 Å². The Morgan fingerprint density at radius 1 is 1.31 bits per heavy atom. The van der Waals surface area contributed by atoms with Crippen LogP contribution in [0.2, 0.25) is 0 Å². The van der Waals surface area contributed by atoms with Crippen molar-refractivity contribution in [3.8, 4) is 0 Å². The maximum Gasteiger partial charge on any atom is 0.134 e. The van der Waals surface area contributed by atoms with Crippen molar-refractivity contribution >= 4 is 21.9 Å². The number of benzene rings is 1. The zero-order chi connectivity index (χ0) is 8.39. The third kappa shape index (κ3) is 1.90. The lowest BCUT2D eigenvalue weighted by atomic mass is 10.2. The zero-order valence-corrected chi connectivity index (χ0v) is 6.79. The molecule has 0 aliphatic carbocycles. The third-order valence-corrected chi connectivity index (χ3v) is 1.82. The smallest absolute Gasteiger partial charge is 0.134 e. The van der Waals surface area contributed by atoms with Crippen LogP contribution in [0.25, 0.3) is 11.0 Å². The molecule has 68 valence electrons. The number of rotatable bonds is 2. The first-order valence-corrected chi connectivity index (χ1v) is 3.98. The second-order valence-corrected chi connectivity index (χ2v) is 2.74. The number of para-hydroxylation sites is 1. The first-order valence-electron chi connectivity index (χ1n) is 3.98. The molecule has 0 bridgehead atoms. The van der Waals surface area contributed by atoms with Gasteiger partial charge in [-0.1, -0.05) is 24.3 Å². The first kappa shape index (κ1) is 9.80. The molecule has 0 saturated heterocycles. The van der Waals surface area contributed by atoms with E-state index in [1.54, 1.807) is 0 Å². The van der Waals surface area contributed by atoms with Gasteiger partial charge < -0.3 is 4.42 Å². The van der Waals surface area contributed by atoms with Crippen molar-refractivity contribution in [3.05, 3.63) is 48.7 Å². The van der Waals surface area contributed by atoms with Gasteiger partial charge in [-0.2, -0.15) is 0 Å². The van der Waals surface area contributed by atoms with Crippen LogP contribution >= 0.6 is 0 Å². The van der Waals surface area contributed by atoms with Crippen molar-refractivity contribution in [2.45, 2.75) is 6.42 Å². The normalized spacial score (nSPS) is 9.54. The Morgan fingerprint density at radius 3 is 2.77 bits per heavy atom. The van der Waals surface area contributed by atoms with Crippen LogP contribution in [0, 0.1) is 0 Å². The van der Waals surface area contributed by atoms with Crippen LogP contribution in [-0.2, 0) is 6.42 Å². The topological polar surface area (TPSA) is 13.1 Å². The Kier molecular flexibility index (Phi) is 3.09. The fourth-order valence-electron chi connectivity index (χ4n) is 1.28. The van der Waals surface area contributed by atoms with Crippen molar-refractivity contribution in [2.24, 2.45) is 0 Å². The average Bonchev–Trinajstić information content (AvgIpc) is 2.47. The van der Waals surface area contributed by atoms with Gasteiger partial charge in [-0.05, 0) is 23.1 Å². The van der Waals surface area contributed by atoms with Crippen molar-refractivity contribution in [1.29, 1.82) is 0 Å². The molecule has 0 amide bonds. The number of furan rings is 1. The van der Waals surface area contributed by atoms with Gasteiger partial charge in [-0.3, -0.25) is 0 Å². The highest BCUT2D eigenvalue weighted by Crippen LogP contribution is 2.18. The van der Waals surface area contributed by atoms with Crippen LogP contribution in [0.1, 0.15) is 5.76 Å². The second kappa shape index (κ2) is 4.10. The Morgan fingerprint density at radius 2 is 2.08 bits per heavy atom. The molecule has 1 nitrogen and oxygen atoms in total. The Hall–Kier alpha value is -1.28. The summed E-state index contributed by atoms with van der Waals surface area (Å²) in [5.41, 5.74) is 0.953. The molecule has 1 aromatic carbocycles. The van der Waals surface area contributed by atoms with Gasteiger partial charge in [0, 0.05) is 11.8 Å². The standard InChI is InChI=1S/C11H10O.H4Si/c1-2-5-10-8-9-6-3-4-7-11(9)12-10;/h2-4,6-8H,1,5H2;1H4. The number of fused-ring (bicyclic) bond motifs is 1. The summed E-state index contributed by atoms with van der Waals surface area (Å²) in [6.07, 6.45) is 2.65. The van der Waals surface area contributed by atoms with Gasteiger partial charge in [0.2, 0.25) is 0 Å². The highest BCUT2D eigenvalue weighted by molar-refractivity contribution is 5.77. The molecule has 0 unspecified atom stereocenters. The summed E-state index contributed by atoms with van der Waals surface area (Å²) in [5, 5.41) is 1.16. The van der Waals surface area contributed by atoms with E-state index in [9.17, 15) is 0 Å². The molecule has 0 N–H and O–H groups in total. The van der Waals surface area contributed by atoms with E-state index in [0.717, 1.165) is 23.2 Å². The largest absolute Gasteiger partial charge is 0.461 e. The molecular formula is C11H14OSi. The second-order valence-electron chi connectivity index (χ2n) is 2.74. The summed E-state index contributed by atoms with van der Waals surface area (Å²) >= 11 is 0. The summed E-state index contributed by atoms with van der Waals surface area (Å²) in [5.74, 6) is 0.978. The number of allylic oxidation sites excluding steroid dienone is 1. The van der Waals surface area contributed by atoms with E-state index < -0.39 is 0 Å². The Bertz CT molecular complexity index is 370. The minimum atomic E-state index is 0. The molecule has 0 fully saturated rings. The molecule has 1 heterocycles. The molecule has 0 radical (unpaired) electrons. The highest BCUT2D eigenvalue weighted by atomic mass is 28.1. The fraction of sp³-hybridized carbons (Fsp3) is 0.0909. The van der Waals surface area contributed by atoms with Crippen LogP contribution in [0.3, 0.4) is 0 Å². The van der Waals surface area contributed by atoms with Gasteiger partial charge in [-0.25, -0.2) is 0 Å². The lowest BCUT2D eigenvalue weighted by molar-refractivity contribution is 0.565. The van der Waals surface area contributed by atoms with Crippen molar-refractivity contribution in [3.63, 3.8) is 0 Å². The van der Waals surface area contributed by atoms with Crippen LogP contribution < -0.4 is 0 Å². The predicted molar refractivity (Wildman–Crippen MR) is 61.4 cm³/mol. The summed E-state index contributed by atoms with van der Waals surface area (Å²) in [6.45, 7) is 3.67. The number of hydrogen-bond acceptors (Lipinski definition) is 1. The van der Waals surface area contributed by atoms with E-state index in [1.807, 2.05) is 30.3 Å². The van der Waals surface area contributed by atoms with E-state index in [4.69, 9.17) is 4.42 Å². The van der Waals surface area contributed by atoms with E-state index >= 15 is 0 Å². The molecular weight excluding hydrogens is 176 g/mol. The molecule has 1 aromatic heterocycles. The molecule has 0 atom stereocenters. The Balaban J connectivity index is 0.000000845. The minimum Gasteiger partial charge on any atom is -0.461 e. The molecule has 2 rings (SSSR count).